The number of benzene rings is 1. The van der Waals surface area contributed by atoms with Crippen LogP contribution in [0.1, 0.15) is 45.1 Å². The molecule has 6 nitrogen and oxygen atoms in total. The van der Waals surface area contributed by atoms with Gasteiger partial charge in [-0.15, -0.1) is 11.3 Å². The maximum atomic E-state index is 12.1. The van der Waals surface area contributed by atoms with Gasteiger partial charge in [0.1, 0.15) is 0 Å². The van der Waals surface area contributed by atoms with Crippen molar-refractivity contribution in [3.05, 3.63) is 41.2 Å². The van der Waals surface area contributed by atoms with Crippen LogP contribution in [0.5, 0.6) is 0 Å². The van der Waals surface area contributed by atoms with Gasteiger partial charge < -0.3 is 5.32 Å². The van der Waals surface area contributed by atoms with E-state index >= 15 is 0 Å². The van der Waals surface area contributed by atoms with Crippen molar-refractivity contribution in [1.82, 2.24) is 15.7 Å². The molecule has 2 amide bonds. The van der Waals surface area contributed by atoms with Gasteiger partial charge in [-0.3, -0.25) is 5.43 Å². The molecule has 0 saturated heterocycles. The number of thiazole rings is 1. The van der Waals surface area contributed by atoms with Crippen LogP contribution in [0.25, 0.3) is 16.1 Å². The zero-order valence-corrected chi connectivity index (χ0v) is 16.2. The van der Waals surface area contributed by atoms with Crippen LogP contribution in [0.3, 0.4) is 0 Å². The average Bonchev–Trinajstić information content (AvgIpc) is 3.07. The minimum atomic E-state index is -0.287. The van der Waals surface area contributed by atoms with Crippen LogP contribution in [0.15, 0.2) is 24.3 Å². The highest BCUT2D eigenvalue weighted by molar-refractivity contribution is 7.20. The quantitative estimate of drug-likeness (QED) is 0.437. The number of unbranched alkanes of at least 4 members (excludes halogenated alkanes) is 1. The summed E-state index contributed by atoms with van der Waals surface area (Å²) < 4.78 is 0. The molecule has 1 atom stereocenters. The first kappa shape index (κ1) is 19.7. The van der Waals surface area contributed by atoms with E-state index in [-0.39, 0.29) is 12.1 Å². The molecule has 2 rings (SSSR count). The summed E-state index contributed by atoms with van der Waals surface area (Å²) >= 11 is 1.22. The Hall–Kier alpha value is -2.59. The number of hydrogen-bond donors (Lipinski definition) is 3. The van der Waals surface area contributed by atoms with Crippen LogP contribution in [0.2, 0.25) is 0 Å². The number of hydrazine groups is 1. The van der Waals surface area contributed by atoms with Crippen molar-refractivity contribution < 1.29 is 4.79 Å². The van der Waals surface area contributed by atoms with E-state index < -0.39 is 0 Å². The fraction of sp³-hybridized carbons (Fsp3) is 0.421. The fourth-order valence-electron chi connectivity index (χ4n) is 2.58. The maximum absolute atomic E-state index is 12.1. The van der Waals surface area contributed by atoms with E-state index in [0.717, 1.165) is 36.8 Å². The first-order valence-electron chi connectivity index (χ1n) is 8.85. The van der Waals surface area contributed by atoms with Crippen LogP contribution < -0.4 is 16.2 Å². The number of aromatic nitrogens is 1. The Labute approximate surface area is 158 Å². The Balaban J connectivity index is 2.00. The van der Waals surface area contributed by atoms with Gasteiger partial charge in [0.2, 0.25) is 0 Å². The molecule has 26 heavy (non-hydrogen) atoms. The lowest BCUT2D eigenvalue weighted by atomic mass is 10.1. The molecule has 0 aliphatic rings. The molecule has 138 valence electrons. The Morgan fingerprint density at radius 3 is 2.85 bits per heavy atom. The van der Waals surface area contributed by atoms with Gasteiger partial charge in [0.25, 0.3) is 5.00 Å². The van der Waals surface area contributed by atoms with Crippen LogP contribution >= 0.6 is 11.3 Å². The average molecular weight is 372 g/mol. The van der Waals surface area contributed by atoms with Gasteiger partial charge in [0.15, 0.2) is 5.13 Å². The third-order valence-electron chi connectivity index (χ3n) is 4.02. The molecule has 2 aromatic rings. The molecule has 0 spiro atoms. The number of amides is 2. The summed E-state index contributed by atoms with van der Waals surface area (Å²) in [4.78, 5) is 20.1. The molecule has 1 unspecified atom stereocenters. The highest BCUT2D eigenvalue weighted by Crippen LogP contribution is 2.38. The molecule has 1 heterocycles. The number of nitrogens with one attached hydrogen (secondary N) is 3. The van der Waals surface area contributed by atoms with E-state index in [1.165, 1.54) is 11.3 Å². The minimum absolute atomic E-state index is 0.162. The van der Waals surface area contributed by atoms with Crippen molar-refractivity contribution in [2.24, 2.45) is 0 Å². The molecule has 0 fully saturated rings. The first-order valence-corrected chi connectivity index (χ1v) is 9.66. The number of hydrogen-bond acceptors (Lipinski definition) is 4. The predicted octanol–water partition coefficient (Wildman–Crippen LogP) is 5.26. The van der Waals surface area contributed by atoms with E-state index in [2.05, 4.69) is 39.8 Å². The third-order valence-corrected chi connectivity index (χ3v) is 4.88. The molecule has 7 heteroatoms. The Bertz CT molecular complexity index is 780. The van der Waals surface area contributed by atoms with Gasteiger partial charge in [-0.1, -0.05) is 56.5 Å². The van der Waals surface area contributed by atoms with Crippen LogP contribution in [0, 0.1) is 13.5 Å². The van der Waals surface area contributed by atoms with Crippen LogP contribution in [-0.4, -0.2) is 17.1 Å². The van der Waals surface area contributed by atoms with E-state index in [4.69, 9.17) is 6.57 Å². The largest absolute Gasteiger partial charge is 0.334 e. The molecular weight excluding hydrogens is 346 g/mol. The topological polar surface area (TPSA) is 70.4 Å². The lowest BCUT2D eigenvalue weighted by Gasteiger charge is -2.17. The summed E-state index contributed by atoms with van der Waals surface area (Å²) in [6.07, 6.45) is 4.06. The van der Waals surface area contributed by atoms with Gasteiger partial charge in [-0.05, 0) is 25.3 Å². The Kier molecular flexibility index (Phi) is 7.42. The van der Waals surface area contributed by atoms with Gasteiger partial charge in [0.05, 0.1) is 12.3 Å². The summed E-state index contributed by atoms with van der Waals surface area (Å²) in [5.74, 6) is 0. The first-order chi connectivity index (χ1) is 12.6. The second-order valence-electron chi connectivity index (χ2n) is 6.12. The van der Waals surface area contributed by atoms with Gasteiger partial charge in [-0.2, -0.15) is 0 Å². The summed E-state index contributed by atoms with van der Waals surface area (Å²) in [7, 11) is 0. The van der Waals surface area contributed by atoms with Crippen LogP contribution in [0.4, 0.5) is 14.9 Å². The zero-order valence-electron chi connectivity index (χ0n) is 15.4. The highest BCUT2D eigenvalue weighted by Gasteiger charge is 2.14. The van der Waals surface area contributed by atoms with Crippen molar-refractivity contribution >= 4 is 27.5 Å². The molecule has 0 aliphatic carbocycles. The van der Waals surface area contributed by atoms with Gasteiger partial charge in [-0.25, -0.2) is 20.0 Å². The molecule has 0 aliphatic heterocycles. The summed E-state index contributed by atoms with van der Waals surface area (Å²) in [5.41, 5.74) is 8.06. The maximum Gasteiger partial charge on any atom is 0.333 e. The molecule has 3 N–H and O–H groups in total. The normalized spacial score (nSPS) is 11.5. The van der Waals surface area contributed by atoms with Crippen molar-refractivity contribution in [2.75, 3.05) is 5.43 Å². The number of urea groups is 1. The second-order valence-corrected chi connectivity index (χ2v) is 7.10. The van der Waals surface area contributed by atoms with Crippen molar-refractivity contribution in [3.63, 3.8) is 0 Å². The number of carbonyl (C=O) groups is 1. The number of rotatable bonds is 8. The third kappa shape index (κ3) is 5.46. The lowest BCUT2D eigenvalue weighted by molar-refractivity contribution is 0.237. The summed E-state index contributed by atoms with van der Waals surface area (Å²) in [5, 5.41) is 3.94. The van der Waals surface area contributed by atoms with Gasteiger partial charge >= 0.3 is 6.03 Å². The Morgan fingerprint density at radius 1 is 1.38 bits per heavy atom. The highest BCUT2D eigenvalue weighted by atomic mass is 32.1. The van der Waals surface area contributed by atoms with Crippen molar-refractivity contribution in [3.8, 4) is 11.3 Å². The van der Waals surface area contributed by atoms with Crippen molar-refractivity contribution in [2.45, 2.75) is 52.5 Å². The molecule has 0 bridgehead atoms. The number of anilines is 1. The monoisotopic (exact) mass is 371 g/mol. The van der Waals surface area contributed by atoms with Gasteiger partial charge in [0, 0.05) is 6.04 Å². The molecule has 1 aromatic carbocycles. The SMILES string of the molecule is [C-]#[N+]c1sc(NNC(=O)NC(CC)CCCC)nc1-c1cccc(C)c1. The lowest BCUT2D eigenvalue weighted by Crippen LogP contribution is -2.44. The van der Waals surface area contributed by atoms with E-state index in [0.29, 0.717) is 15.8 Å². The predicted molar refractivity (Wildman–Crippen MR) is 107 cm³/mol. The molecule has 1 aromatic heterocycles. The van der Waals surface area contributed by atoms with Crippen molar-refractivity contribution in [1.29, 1.82) is 0 Å². The molecule has 0 saturated carbocycles. The molecule has 0 radical (unpaired) electrons. The fourth-order valence-corrected chi connectivity index (χ4v) is 3.31. The zero-order chi connectivity index (χ0) is 18.9. The Morgan fingerprint density at radius 2 is 2.19 bits per heavy atom. The van der Waals surface area contributed by atoms with E-state index in [1.54, 1.807) is 0 Å². The van der Waals surface area contributed by atoms with Crippen LogP contribution in [-0.2, 0) is 0 Å². The summed E-state index contributed by atoms with van der Waals surface area (Å²) in [6, 6.07) is 7.74. The second kappa shape index (κ2) is 9.78. The number of nitrogens with zero attached hydrogens (tertiary/aromatic N) is 2. The standard InChI is InChI=1S/C19H25N5OS/c1-5-7-11-15(6-2)21-18(25)23-24-19-22-16(17(20-4)26-19)14-10-8-9-13(3)12-14/h8-10,12,15H,5-7,11H2,1-3H3,(H,22,24)(H2,21,23,25). The summed E-state index contributed by atoms with van der Waals surface area (Å²) in [6.45, 7) is 13.6. The van der Waals surface area contributed by atoms with E-state index in [9.17, 15) is 4.79 Å². The van der Waals surface area contributed by atoms with E-state index in [1.807, 2.05) is 31.2 Å². The smallest absolute Gasteiger partial charge is 0.333 e. The molecular formula is C19H25N5OS. The number of carbonyl (C=O) groups excluding carboxylic acids is 1. The minimum Gasteiger partial charge on any atom is -0.334 e. The number of aryl methyl sites for hydroxylation is 1.